The van der Waals surface area contributed by atoms with Gasteiger partial charge in [0.05, 0.1) is 32.3 Å². The number of esters is 1. The highest BCUT2D eigenvalue weighted by molar-refractivity contribution is 5.94. The number of ether oxygens (including phenoxy) is 4. The molecule has 1 aliphatic rings. The van der Waals surface area contributed by atoms with E-state index < -0.39 is 11.9 Å². The molecule has 2 heterocycles. The van der Waals surface area contributed by atoms with Gasteiger partial charge in [-0.15, -0.1) is 0 Å². The van der Waals surface area contributed by atoms with Gasteiger partial charge in [-0.25, -0.2) is 4.79 Å². The van der Waals surface area contributed by atoms with Gasteiger partial charge in [-0.2, -0.15) is 5.26 Å². The number of benzene rings is 1. The number of rotatable bonds is 6. The molecule has 1 aliphatic heterocycles. The first-order chi connectivity index (χ1) is 14.0. The van der Waals surface area contributed by atoms with Crippen molar-refractivity contribution in [2.75, 3.05) is 20.8 Å². The lowest BCUT2D eigenvalue weighted by atomic mass is 9.82. The predicted octanol–water partition coefficient (Wildman–Crippen LogP) is 3.85. The molecule has 29 heavy (non-hydrogen) atoms. The van der Waals surface area contributed by atoms with Crippen LogP contribution in [-0.4, -0.2) is 31.4 Å². The van der Waals surface area contributed by atoms with Crippen LogP contribution in [0.15, 0.2) is 59.6 Å². The first-order valence-corrected chi connectivity index (χ1v) is 9.10. The summed E-state index contributed by atoms with van der Waals surface area (Å²) in [5.41, 5.74) is 1.13. The number of aromatic nitrogens is 1. The lowest BCUT2D eigenvalue weighted by molar-refractivity contribution is -0.139. The van der Waals surface area contributed by atoms with Crippen LogP contribution >= 0.6 is 0 Å². The second kappa shape index (κ2) is 8.57. The highest BCUT2D eigenvalue weighted by Gasteiger charge is 2.39. The normalized spacial score (nSPS) is 16.2. The molecule has 7 nitrogen and oxygen atoms in total. The molecule has 3 rings (SSSR count). The van der Waals surface area contributed by atoms with Crippen molar-refractivity contribution < 1.29 is 23.7 Å². The van der Waals surface area contributed by atoms with Gasteiger partial charge in [0.1, 0.15) is 28.9 Å². The average Bonchev–Trinajstić information content (AvgIpc) is 3.27. The monoisotopic (exact) mass is 394 g/mol. The molecule has 0 fully saturated rings. The number of allylic oxidation sites excluding steroid dienone is 2. The standard InChI is InChI=1S/C22H22N2O5/c1-5-28-22(25)19-14(2)29-21(24-10-6-7-11-24)17(13-23)20(19)16-12-15(26-3)8-9-18(16)27-4/h6-12,20H,5H2,1-4H3. The van der Waals surface area contributed by atoms with Crippen LogP contribution in [0.5, 0.6) is 11.5 Å². The van der Waals surface area contributed by atoms with E-state index in [2.05, 4.69) is 6.07 Å². The molecule has 0 amide bonds. The van der Waals surface area contributed by atoms with Crippen molar-refractivity contribution in [1.82, 2.24) is 4.57 Å². The molecule has 1 aromatic heterocycles. The summed E-state index contributed by atoms with van der Waals surface area (Å²) in [7, 11) is 3.09. The molecule has 0 N–H and O–H groups in total. The fourth-order valence-corrected chi connectivity index (χ4v) is 3.35. The van der Waals surface area contributed by atoms with E-state index in [1.807, 2.05) is 12.1 Å². The van der Waals surface area contributed by atoms with E-state index in [0.29, 0.717) is 28.7 Å². The molecule has 0 saturated heterocycles. The van der Waals surface area contributed by atoms with Crippen molar-refractivity contribution in [3.8, 4) is 17.6 Å². The largest absolute Gasteiger partial charge is 0.497 e. The Morgan fingerprint density at radius 3 is 2.55 bits per heavy atom. The van der Waals surface area contributed by atoms with Crippen LogP contribution in [0, 0.1) is 11.3 Å². The van der Waals surface area contributed by atoms with Gasteiger partial charge in [-0.05, 0) is 44.2 Å². The van der Waals surface area contributed by atoms with Gasteiger partial charge in [0.2, 0.25) is 5.88 Å². The average molecular weight is 394 g/mol. The molecule has 0 bridgehead atoms. The van der Waals surface area contributed by atoms with E-state index in [0.717, 1.165) is 0 Å². The third kappa shape index (κ3) is 3.69. The van der Waals surface area contributed by atoms with Gasteiger partial charge < -0.3 is 18.9 Å². The Balaban J connectivity index is 2.30. The molecule has 0 radical (unpaired) electrons. The van der Waals surface area contributed by atoms with E-state index >= 15 is 0 Å². The van der Waals surface area contributed by atoms with E-state index in [1.165, 1.54) is 7.11 Å². The van der Waals surface area contributed by atoms with Crippen LogP contribution in [0.4, 0.5) is 0 Å². The number of hydrogen-bond acceptors (Lipinski definition) is 6. The Morgan fingerprint density at radius 1 is 1.24 bits per heavy atom. The van der Waals surface area contributed by atoms with Gasteiger partial charge in [-0.1, -0.05) is 0 Å². The maximum absolute atomic E-state index is 12.8. The molecule has 2 aromatic rings. The lowest BCUT2D eigenvalue weighted by Crippen LogP contribution is -2.24. The van der Waals surface area contributed by atoms with E-state index in [4.69, 9.17) is 18.9 Å². The quantitative estimate of drug-likeness (QED) is 0.692. The molecular formula is C22H22N2O5. The van der Waals surface area contributed by atoms with Gasteiger partial charge in [-0.3, -0.25) is 4.57 Å². The SMILES string of the molecule is CCOC(=O)C1=C(C)OC(n2cccc2)=C(C#N)C1c1cc(OC)ccc1OC. The number of carbonyl (C=O) groups is 1. The molecule has 1 aromatic carbocycles. The summed E-state index contributed by atoms with van der Waals surface area (Å²) in [6.07, 6.45) is 3.55. The molecule has 150 valence electrons. The second-order valence-corrected chi connectivity index (χ2v) is 6.25. The number of nitrogens with zero attached hydrogens (tertiary/aromatic N) is 2. The van der Waals surface area contributed by atoms with Crippen LogP contribution < -0.4 is 9.47 Å². The van der Waals surface area contributed by atoms with Crippen molar-refractivity contribution >= 4 is 11.9 Å². The highest BCUT2D eigenvalue weighted by atomic mass is 16.5. The Kier molecular flexibility index (Phi) is 5.93. The summed E-state index contributed by atoms with van der Waals surface area (Å²) in [6.45, 7) is 3.61. The highest BCUT2D eigenvalue weighted by Crippen LogP contribution is 2.45. The van der Waals surface area contributed by atoms with E-state index in [-0.39, 0.29) is 17.8 Å². The van der Waals surface area contributed by atoms with Gasteiger partial charge in [0.25, 0.3) is 0 Å². The summed E-state index contributed by atoms with van der Waals surface area (Å²) in [5.74, 6) is 0.508. The van der Waals surface area contributed by atoms with Crippen molar-refractivity contribution in [3.63, 3.8) is 0 Å². The summed E-state index contributed by atoms with van der Waals surface area (Å²) in [5, 5.41) is 10.0. The van der Waals surface area contributed by atoms with Crippen LogP contribution in [-0.2, 0) is 14.3 Å². The molecule has 1 atom stereocenters. The number of carbonyl (C=O) groups excluding carboxylic acids is 1. The van der Waals surface area contributed by atoms with Crippen LogP contribution in [0.2, 0.25) is 0 Å². The number of nitriles is 1. The molecule has 1 unspecified atom stereocenters. The fraction of sp³-hybridized carbons (Fsp3) is 0.273. The zero-order valence-electron chi connectivity index (χ0n) is 16.8. The second-order valence-electron chi connectivity index (χ2n) is 6.25. The van der Waals surface area contributed by atoms with Crippen molar-refractivity contribution in [1.29, 1.82) is 5.26 Å². The zero-order valence-corrected chi connectivity index (χ0v) is 16.8. The van der Waals surface area contributed by atoms with Crippen molar-refractivity contribution in [3.05, 3.63) is 65.2 Å². The Labute approximate surface area is 169 Å². The lowest BCUT2D eigenvalue weighted by Gasteiger charge is -2.29. The summed E-state index contributed by atoms with van der Waals surface area (Å²) >= 11 is 0. The van der Waals surface area contributed by atoms with Gasteiger partial charge in [0.15, 0.2) is 0 Å². The third-order valence-electron chi connectivity index (χ3n) is 4.64. The number of hydrogen-bond donors (Lipinski definition) is 0. The van der Waals surface area contributed by atoms with Gasteiger partial charge in [0, 0.05) is 18.0 Å². The van der Waals surface area contributed by atoms with Crippen molar-refractivity contribution in [2.45, 2.75) is 19.8 Å². The Morgan fingerprint density at radius 2 is 1.97 bits per heavy atom. The molecule has 0 aliphatic carbocycles. The number of methoxy groups -OCH3 is 2. The smallest absolute Gasteiger partial charge is 0.338 e. The Hall–Kier alpha value is -3.66. The third-order valence-corrected chi connectivity index (χ3v) is 4.64. The summed E-state index contributed by atoms with van der Waals surface area (Å²) < 4.78 is 23.8. The molecular weight excluding hydrogens is 372 g/mol. The summed E-state index contributed by atoms with van der Waals surface area (Å²) in [6, 6.07) is 11.1. The van der Waals surface area contributed by atoms with Crippen LogP contribution in [0.25, 0.3) is 5.88 Å². The molecule has 0 spiro atoms. The molecule has 7 heteroatoms. The van der Waals surface area contributed by atoms with Crippen LogP contribution in [0.1, 0.15) is 25.3 Å². The maximum atomic E-state index is 12.8. The topological polar surface area (TPSA) is 82.7 Å². The minimum atomic E-state index is -0.741. The van der Waals surface area contributed by atoms with E-state index in [1.54, 1.807) is 56.1 Å². The minimum absolute atomic E-state index is 0.202. The summed E-state index contributed by atoms with van der Waals surface area (Å²) in [4.78, 5) is 12.8. The predicted molar refractivity (Wildman–Crippen MR) is 106 cm³/mol. The maximum Gasteiger partial charge on any atom is 0.338 e. The zero-order chi connectivity index (χ0) is 21.0. The minimum Gasteiger partial charge on any atom is -0.497 e. The van der Waals surface area contributed by atoms with E-state index in [9.17, 15) is 10.1 Å². The van der Waals surface area contributed by atoms with Crippen LogP contribution in [0.3, 0.4) is 0 Å². The first-order valence-electron chi connectivity index (χ1n) is 9.10. The Bertz CT molecular complexity index is 1010. The first kappa shape index (κ1) is 20.1. The van der Waals surface area contributed by atoms with Gasteiger partial charge >= 0.3 is 5.97 Å². The fourth-order valence-electron chi connectivity index (χ4n) is 3.35. The van der Waals surface area contributed by atoms with Crippen molar-refractivity contribution in [2.24, 2.45) is 0 Å². The molecule has 0 saturated carbocycles.